The summed E-state index contributed by atoms with van der Waals surface area (Å²) in [7, 11) is 4.24. The third-order valence-electron chi connectivity index (χ3n) is 3.87. The van der Waals surface area contributed by atoms with Gasteiger partial charge in [-0.3, -0.25) is 0 Å². The summed E-state index contributed by atoms with van der Waals surface area (Å²) >= 11 is 0. The van der Waals surface area contributed by atoms with Crippen LogP contribution in [0.2, 0.25) is 0 Å². The Morgan fingerprint density at radius 1 is 0.895 bits per heavy atom. The van der Waals surface area contributed by atoms with Gasteiger partial charge in [-0.2, -0.15) is 0 Å². The second-order valence-electron chi connectivity index (χ2n) is 5.74. The first-order valence-corrected chi connectivity index (χ1v) is 6.88. The number of anilines is 1. The fraction of sp³-hybridized carbons (Fsp3) is 0.278. The molecule has 0 aromatic heterocycles. The molecule has 0 saturated carbocycles. The summed E-state index contributed by atoms with van der Waals surface area (Å²) in [6, 6.07) is 13.2. The quantitative estimate of drug-likeness (QED) is 0.649. The van der Waals surface area contributed by atoms with E-state index in [0.29, 0.717) is 5.92 Å². The average Bonchev–Trinajstić information content (AvgIpc) is 2.75. The minimum absolute atomic E-state index is 0.526. The molecule has 0 N–H and O–H groups in total. The number of benzene rings is 2. The van der Waals surface area contributed by atoms with Crippen LogP contribution in [0.3, 0.4) is 0 Å². The van der Waals surface area contributed by atoms with Crippen LogP contribution in [-0.4, -0.2) is 14.1 Å². The molecule has 3 rings (SSSR count). The molecular formula is C18H20N. The van der Waals surface area contributed by atoms with Crippen molar-refractivity contribution in [1.29, 1.82) is 0 Å². The maximum atomic E-state index is 2.34. The molecule has 0 amide bonds. The van der Waals surface area contributed by atoms with E-state index in [0.717, 1.165) is 0 Å². The summed E-state index contributed by atoms with van der Waals surface area (Å²) in [6.07, 6.45) is 2.34. The molecule has 97 valence electrons. The predicted octanol–water partition coefficient (Wildman–Crippen LogP) is 4.46. The molecule has 0 heterocycles. The first kappa shape index (κ1) is 12.3. The average molecular weight is 250 g/mol. The van der Waals surface area contributed by atoms with Gasteiger partial charge in [0.15, 0.2) is 0 Å². The number of hydrogen-bond acceptors (Lipinski definition) is 1. The maximum Gasteiger partial charge on any atom is 0.0399 e. The minimum atomic E-state index is 0.526. The molecule has 1 nitrogen and oxygen atoms in total. The van der Waals surface area contributed by atoms with Crippen molar-refractivity contribution in [3.8, 4) is 11.1 Å². The predicted molar refractivity (Wildman–Crippen MR) is 82.8 cm³/mol. The van der Waals surface area contributed by atoms with Gasteiger partial charge in [0.25, 0.3) is 0 Å². The zero-order valence-corrected chi connectivity index (χ0v) is 12.1. The standard InChI is InChI=1S/C18H20N/c1-12(2)18-16-11-13-7-5-6-8-14(13)15(16)9-10-17(18)19(3)4/h5-12H,1-4H3. The third-order valence-corrected chi connectivity index (χ3v) is 3.87. The summed E-state index contributed by atoms with van der Waals surface area (Å²) in [6.45, 7) is 4.55. The van der Waals surface area contributed by atoms with Gasteiger partial charge in [0.1, 0.15) is 0 Å². The summed E-state index contributed by atoms with van der Waals surface area (Å²) in [5.41, 5.74) is 8.28. The van der Waals surface area contributed by atoms with E-state index in [9.17, 15) is 0 Å². The van der Waals surface area contributed by atoms with E-state index in [1.54, 1.807) is 0 Å². The Morgan fingerprint density at radius 2 is 1.63 bits per heavy atom. The topological polar surface area (TPSA) is 3.24 Å². The molecule has 0 atom stereocenters. The van der Waals surface area contributed by atoms with Crippen LogP contribution in [-0.2, 0) is 0 Å². The van der Waals surface area contributed by atoms with Crippen molar-refractivity contribution in [2.45, 2.75) is 19.8 Å². The largest absolute Gasteiger partial charge is 0.377 e. The fourth-order valence-electron chi connectivity index (χ4n) is 3.04. The van der Waals surface area contributed by atoms with Crippen LogP contribution in [0, 0.1) is 6.42 Å². The highest BCUT2D eigenvalue weighted by molar-refractivity contribution is 5.85. The van der Waals surface area contributed by atoms with E-state index >= 15 is 0 Å². The van der Waals surface area contributed by atoms with Crippen LogP contribution < -0.4 is 4.90 Å². The molecule has 1 aliphatic carbocycles. The molecule has 0 unspecified atom stereocenters. The lowest BCUT2D eigenvalue weighted by molar-refractivity contribution is 0.853. The highest BCUT2D eigenvalue weighted by Gasteiger charge is 2.24. The van der Waals surface area contributed by atoms with Crippen LogP contribution in [0.15, 0.2) is 36.4 Å². The zero-order chi connectivity index (χ0) is 13.6. The number of nitrogens with zero attached hydrogens (tertiary/aromatic N) is 1. The van der Waals surface area contributed by atoms with Gasteiger partial charge >= 0.3 is 0 Å². The number of hydrogen-bond donors (Lipinski definition) is 0. The molecule has 2 aromatic rings. The number of rotatable bonds is 2. The van der Waals surface area contributed by atoms with Gasteiger partial charge in [0.05, 0.1) is 0 Å². The van der Waals surface area contributed by atoms with E-state index in [4.69, 9.17) is 0 Å². The molecule has 2 aromatic carbocycles. The lowest BCUT2D eigenvalue weighted by Crippen LogP contribution is -2.13. The highest BCUT2D eigenvalue weighted by Crippen LogP contribution is 2.44. The lowest BCUT2D eigenvalue weighted by atomic mass is 9.91. The molecule has 1 heteroatoms. The lowest BCUT2D eigenvalue weighted by Gasteiger charge is -2.23. The molecular weight excluding hydrogens is 230 g/mol. The zero-order valence-electron chi connectivity index (χ0n) is 12.1. The minimum Gasteiger partial charge on any atom is -0.377 e. The summed E-state index contributed by atoms with van der Waals surface area (Å²) < 4.78 is 0. The van der Waals surface area contributed by atoms with Crippen LogP contribution in [0.5, 0.6) is 0 Å². The van der Waals surface area contributed by atoms with Crippen LogP contribution in [0.4, 0.5) is 5.69 Å². The van der Waals surface area contributed by atoms with E-state index < -0.39 is 0 Å². The van der Waals surface area contributed by atoms with Crippen LogP contribution >= 0.6 is 0 Å². The van der Waals surface area contributed by atoms with E-state index in [2.05, 4.69) is 75.7 Å². The first-order chi connectivity index (χ1) is 9.09. The molecule has 0 saturated heterocycles. The third kappa shape index (κ3) is 1.85. The van der Waals surface area contributed by atoms with E-state index in [1.807, 2.05) is 0 Å². The van der Waals surface area contributed by atoms with Gasteiger partial charge in [-0.15, -0.1) is 0 Å². The van der Waals surface area contributed by atoms with Crippen LogP contribution in [0.1, 0.15) is 36.5 Å². The second kappa shape index (κ2) is 4.41. The van der Waals surface area contributed by atoms with Gasteiger partial charge in [-0.25, -0.2) is 0 Å². The Hall–Kier alpha value is -1.76. The van der Waals surface area contributed by atoms with Crippen molar-refractivity contribution in [3.63, 3.8) is 0 Å². The van der Waals surface area contributed by atoms with Crippen LogP contribution in [0.25, 0.3) is 11.1 Å². The van der Waals surface area contributed by atoms with Crippen molar-refractivity contribution in [1.82, 2.24) is 0 Å². The Labute approximate surface area is 115 Å². The monoisotopic (exact) mass is 250 g/mol. The van der Waals surface area contributed by atoms with Crippen molar-refractivity contribution >= 4 is 5.69 Å². The molecule has 0 spiro atoms. The van der Waals surface area contributed by atoms with Gasteiger partial charge < -0.3 is 4.90 Å². The first-order valence-electron chi connectivity index (χ1n) is 6.88. The van der Waals surface area contributed by atoms with Gasteiger partial charge in [0, 0.05) is 26.2 Å². The summed E-state index contributed by atoms with van der Waals surface area (Å²) in [4.78, 5) is 2.21. The highest BCUT2D eigenvalue weighted by atomic mass is 15.1. The van der Waals surface area contributed by atoms with Crippen molar-refractivity contribution in [2.24, 2.45) is 0 Å². The Morgan fingerprint density at radius 3 is 2.32 bits per heavy atom. The molecule has 0 fully saturated rings. The second-order valence-corrected chi connectivity index (χ2v) is 5.74. The Bertz CT molecular complexity index is 624. The SMILES string of the molecule is CC(C)c1c(N(C)C)ccc2c1[CH]c1ccccc1-2. The Kier molecular flexibility index (Phi) is 2.85. The molecule has 0 bridgehead atoms. The summed E-state index contributed by atoms with van der Waals surface area (Å²) in [5.74, 6) is 0.526. The smallest absolute Gasteiger partial charge is 0.0399 e. The Balaban J connectivity index is 2.25. The fourth-order valence-corrected chi connectivity index (χ4v) is 3.04. The normalized spacial score (nSPS) is 12.5. The maximum absolute atomic E-state index is 2.34. The van der Waals surface area contributed by atoms with Gasteiger partial charge in [-0.05, 0) is 39.8 Å². The molecule has 19 heavy (non-hydrogen) atoms. The van der Waals surface area contributed by atoms with Crippen molar-refractivity contribution in [3.05, 3.63) is 59.5 Å². The molecule has 0 aliphatic heterocycles. The number of fused-ring (bicyclic) bond motifs is 3. The molecule has 1 radical (unpaired) electrons. The van der Waals surface area contributed by atoms with E-state index in [1.165, 1.54) is 33.5 Å². The summed E-state index contributed by atoms with van der Waals surface area (Å²) in [5, 5.41) is 0. The van der Waals surface area contributed by atoms with Crippen molar-refractivity contribution in [2.75, 3.05) is 19.0 Å². The van der Waals surface area contributed by atoms with Gasteiger partial charge in [-0.1, -0.05) is 44.2 Å². The molecule has 1 aliphatic rings. The van der Waals surface area contributed by atoms with Gasteiger partial charge in [0.2, 0.25) is 0 Å². The van der Waals surface area contributed by atoms with E-state index in [-0.39, 0.29) is 0 Å². The van der Waals surface area contributed by atoms with Crippen molar-refractivity contribution < 1.29 is 0 Å².